The molecule has 1 amide bonds. The van der Waals surface area contributed by atoms with Gasteiger partial charge in [-0.25, -0.2) is 4.98 Å². The van der Waals surface area contributed by atoms with E-state index >= 15 is 0 Å². The Morgan fingerprint density at radius 1 is 1.50 bits per heavy atom. The third-order valence-corrected chi connectivity index (χ3v) is 4.70. The van der Waals surface area contributed by atoms with E-state index in [-0.39, 0.29) is 5.91 Å². The van der Waals surface area contributed by atoms with E-state index in [0.717, 1.165) is 37.3 Å². The number of fused-ring (bicyclic) bond motifs is 1. The summed E-state index contributed by atoms with van der Waals surface area (Å²) in [6.07, 6.45) is 5.02. The molecule has 1 N–H and O–H groups in total. The highest BCUT2D eigenvalue weighted by Crippen LogP contribution is 2.30. The molecule has 0 aromatic carbocycles. The third kappa shape index (κ3) is 2.12. The predicted octanol–water partition coefficient (Wildman–Crippen LogP) is 1.06. The van der Waals surface area contributed by atoms with Crippen LogP contribution in [0.2, 0.25) is 0 Å². The molecule has 0 spiro atoms. The molecule has 18 heavy (non-hydrogen) atoms. The van der Waals surface area contributed by atoms with Crippen molar-refractivity contribution in [1.29, 1.82) is 0 Å². The molecule has 2 fully saturated rings. The number of amides is 1. The topological polar surface area (TPSA) is 62.3 Å². The molecule has 96 valence electrons. The summed E-state index contributed by atoms with van der Waals surface area (Å²) in [5.74, 6) is 0.697. The number of carbonyl (C=O) groups excluding carboxylic acids is 2. The first-order valence-electron chi connectivity index (χ1n) is 6.21. The summed E-state index contributed by atoms with van der Waals surface area (Å²) >= 11 is 1.44. The van der Waals surface area contributed by atoms with Crippen LogP contribution in [-0.4, -0.2) is 36.3 Å². The summed E-state index contributed by atoms with van der Waals surface area (Å²) in [6.45, 7) is 1.82. The second-order valence-electron chi connectivity index (χ2n) is 4.87. The molecular formula is C12H15N3O2S. The van der Waals surface area contributed by atoms with Gasteiger partial charge in [-0.15, -0.1) is 0 Å². The zero-order valence-corrected chi connectivity index (χ0v) is 10.8. The Morgan fingerprint density at radius 3 is 3.17 bits per heavy atom. The van der Waals surface area contributed by atoms with Crippen molar-refractivity contribution < 1.29 is 9.59 Å². The smallest absolute Gasteiger partial charge is 0.220 e. The number of carbonyl (C=O) groups is 2. The van der Waals surface area contributed by atoms with Crippen molar-refractivity contribution in [2.24, 2.45) is 5.92 Å². The molecule has 1 aromatic heterocycles. The summed E-state index contributed by atoms with van der Waals surface area (Å²) < 4.78 is 0. The zero-order chi connectivity index (χ0) is 12.5. The third-order valence-electron chi connectivity index (χ3n) is 3.72. The van der Waals surface area contributed by atoms with Crippen LogP contribution in [0.3, 0.4) is 0 Å². The molecule has 0 saturated carbocycles. The standard InChI is InChI=1S/C12H15N3O2S/c16-7-9-5-13-12(18-9)15-4-3-10-8(6-15)1-2-11(17)14-10/h5,7-8,10H,1-4,6H2,(H,14,17). The van der Waals surface area contributed by atoms with Gasteiger partial charge in [0.2, 0.25) is 5.91 Å². The molecule has 3 rings (SSSR count). The van der Waals surface area contributed by atoms with E-state index in [0.29, 0.717) is 23.3 Å². The molecule has 0 bridgehead atoms. The van der Waals surface area contributed by atoms with Gasteiger partial charge < -0.3 is 10.2 Å². The molecule has 2 atom stereocenters. The SMILES string of the molecule is O=Cc1cnc(N2CCC3NC(=O)CCC3C2)s1. The summed E-state index contributed by atoms with van der Waals surface area (Å²) in [4.78, 5) is 29.2. The Balaban J connectivity index is 1.70. The first-order chi connectivity index (χ1) is 8.76. The average molecular weight is 265 g/mol. The van der Waals surface area contributed by atoms with Crippen LogP contribution in [-0.2, 0) is 4.79 Å². The Bertz CT molecular complexity index is 474. The fourth-order valence-corrected chi connectivity index (χ4v) is 3.53. The van der Waals surface area contributed by atoms with Crippen molar-refractivity contribution in [1.82, 2.24) is 10.3 Å². The lowest BCUT2D eigenvalue weighted by Gasteiger charge is -2.41. The van der Waals surface area contributed by atoms with Gasteiger partial charge in [-0.1, -0.05) is 11.3 Å². The Hall–Kier alpha value is -1.43. The monoisotopic (exact) mass is 265 g/mol. The fraction of sp³-hybridized carbons (Fsp3) is 0.583. The zero-order valence-electron chi connectivity index (χ0n) is 9.96. The highest BCUT2D eigenvalue weighted by atomic mass is 32.1. The van der Waals surface area contributed by atoms with Gasteiger partial charge in [0, 0.05) is 25.6 Å². The minimum absolute atomic E-state index is 0.183. The number of rotatable bonds is 2. The van der Waals surface area contributed by atoms with Gasteiger partial charge in [0.1, 0.15) is 0 Å². The van der Waals surface area contributed by atoms with Gasteiger partial charge in [0.15, 0.2) is 11.4 Å². The van der Waals surface area contributed by atoms with Gasteiger partial charge in [0.05, 0.1) is 11.1 Å². The minimum atomic E-state index is 0.183. The van der Waals surface area contributed by atoms with Crippen molar-refractivity contribution >= 4 is 28.7 Å². The van der Waals surface area contributed by atoms with Crippen molar-refractivity contribution in [3.8, 4) is 0 Å². The molecule has 2 unspecified atom stereocenters. The molecule has 0 radical (unpaired) electrons. The average Bonchev–Trinajstić information content (AvgIpc) is 2.87. The van der Waals surface area contributed by atoms with Crippen LogP contribution in [0.5, 0.6) is 0 Å². The van der Waals surface area contributed by atoms with E-state index in [4.69, 9.17) is 0 Å². The maximum absolute atomic E-state index is 11.3. The van der Waals surface area contributed by atoms with Crippen LogP contribution in [0.1, 0.15) is 28.9 Å². The lowest BCUT2D eigenvalue weighted by Crippen LogP contribution is -2.54. The number of thiazole rings is 1. The molecule has 0 aliphatic carbocycles. The van der Waals surface area contributed by atoms with Crippen molar-refractivity contribution in [3.05, 3.63) is 11.1 Å². The number of hydrogen-bond acceptors (Lipinski definition) is 5. The van der Waals surface area contributed by atoms with Gasteiger partial charge in [-0.3, -0.25) is 9.59 Å². The van der Waals surface area contributed by atoms with Crippen LogP contribution in [0.4, 0.5) is 5.13 Å². The predicted molar refractivity (Wildman–Crippen MR) is 69.0 cm³/mol. The number of nitrogens with one attached hydrogen (secondary N) is 1. The normalized spacial score (nSPS) is 27.6. The molecule has 3 heterocycles. The quantitative estimate of drug-likeness (QED) is 0.812. The van der Waals surface area contributed by atoms with E-state index < -0.39 is 0 Å². The highest BCUT2D eigenvalue weighted by Gasteiger charge is 2.34. The summed E-state index contributed by atoms with van der Waals surface area (Å²) in [5, 5.41) is 3.99. The molecular weight excluding hydrogens is 250 g/mol. The Morgan fingerprint density at radius 2 is 2.39 bits per heavy atom. The summed E-state index contributed by atoms with van der Waals surface area (Å²) in [5.41, 5.74) is 0. The van der Waals surface area contributed by atoms with Crippen molar-refractivity contribution in [3.63, 3.8) is 0 Å². The van der Waals surface area contributed by atoms with E-state index in [2.05, 4.69) is 15.2 Å². The van der Waals surface area contributed by atoms with Crippen LogP contribution in [0.15, 0.2) is 6.20 Å². The Kier molecular flexibility index (Phi) is 3.03. The summed E-state index contributed by atoms with van der Waals surface area (Å²) in [6, 6.07) is 0.327. The molecule has 5 nitrogen and oxygen atoms in total. The molecule has 6 heteroatoms. The van der Waals surface area contributed by atoms with Crippen LogP contribution < -0.4 is 10.2 Å². The van der Waals surface area contributed by atoms with E-state index in [1.165, 1.54) is 11.3 Å². The minimum Gasteiger partial charge on any atom is -0.353 e. The lowest BCUT2D eigenvalue weighted by atomic mass is 9.85. The van der Waals surface area contributed by atoms with Gasteiger partial charge >= 0.3 is 0 Å². The van der Waals surface area contributed by atoms with E-state index in [9.17, 15) is 9.59 Å². The number of hydrogen-bond donors (Lipinski definition) is 1. The second kappa shape index (κ2) is 4.68. The second-order valence-corrected chi connectivity index (χ2v) is 5.91. The summed E-state index contributed by atoms with van der Waals surface area (Å²) in [7, 11) is 0. The Labute approximate surface area is 109 Å². The van der Waals surface area contributed by atoms with Crippen molar-refractivity contribution in [2.45, 2.75) is 25.3 Å². The highest BCUT2D eigenvalue weighted by molar-refractivity contribution is 7.17. The van der Waals surface area contributed by atoms with Crippen LogP contribution in [0, 0.1) is 5.92 Å². The van der Waals surface area contributed by atoms with Crippen molar-refractivity contribution in [2.75, 3.05) is 18.0 Å². The van der Waals surface area contributed by atoms with Gasteiger partial charge in [0.25, 0.3) is 0 Å². The number of piperidine rings is 2. The van der Waals surface area contributed by atoms with Gasteiger partial charge in [-0.2, -0.15) is 0 Å². The number of anilines is 1. The lowest BCUT2D eigenvalue weighted by molar-refractivity contribution is -0.124. The fourth-order valence-electron chi connectivity index (χ4n) is 2.76. The van der Waals surface area contributed by atoms with E-state index in [1.807, 2.05) is 0 Å². The number of aromatic nitrogens is 1. The van der Waals surface area contributed by atoms with E-state index in [1.54, 1.807) is 6.20 Å². The van der Waals surface area contributed by atoms with Gasteiger partial charge in [-0.05, 0) is 18.8 Å². The first kappa shape index (κ1) is 11.6. The first-order valence-corrected chi connectivity index (χ1v) is 7.03. The van der Waals surface area contributed by atoms with Crippen LogP contribution >= 0.6 is 11.3 Å². The van der Waals surface area contributed by atoms with Crippen LogP contribution in [0.25, 0.3) is 0 Å². The molecule has 2 saturated heterocycles. The molecule has 1 aromatic rings. The molecule has 2 aliphatic rings. The number of nitrogens with zero attached hydrogens (tertiary/aromatic N) is 2. The largest absolute Gasteiger partial charge is 0.353 e. The molecule has 2 aliphatic heterocycles. The maximum Gasteiger partial charge on any atom is 0.220 e. The number of aldehydes is 1. The maximum atomic E-state index is 11.3.